The van der Waals surface area contributed by atoms with Gasteiger partial charge in [-0.2, -0.15) is 0 Å². The van der Waals surface area contributed by atoms with Crippen molar-refractivity contribution >= 4 is 5.91 Å². The Labute approximate surface area is 107 Å². The predicted octanol–water partition coefficient (Wildman–Crippen LogP) is 3.04. The summed E-state index contributed by atoms with van der Waals surface area (Å²) in [5, 5.41) is 9.61. The van der Waals surface area contributed by atoms with Gasteiger partial charge in [-0.1, -0.05) is 20.8 Å². The van der Waals surface area contributed by atoms with Crippen LogP contribution in [0.4, 0.5) is 4.39 Å². The zero-order valence-corrected chi connectivity index (χ0v) is 11.5. The highest BCUT2D eigenvalue weighted by atomic mass is 19.1. The number of nitrogens with zero attached hydrogens (tertiary/aromatic N) is 1. The average Bonchev–Trinajstić information content (AvgIpc) is 2.25. The van der Waals surface area contributed by atoms with Crippen molar-refractivity contribution in [2.75, 3.05) is 7.05 Å². The van der Waals surface area contributed by atoms with Crippen molar-refractivity contribution in [3.8, 4) is 5.75 Å². The van der Waals surface area contributed by atoms with Crippen LogP contribution >= 0.6 is 0 Å². The molecule has 0 heterocycles. The molecule has 0 saturated carbocycles. The smallest absolute Gasteiger partial charge is 0.257 e. The standard InChI is InChI=1S/C14H20FNO2/c1-9(14(2,3)4)16(5)13(18)11-7-6-10(15)8-12(11)17/h6-9,17H,1-5H3. The lowest BCUT2D eigenvalue weighted by atomic mass is 9.87. The molecule has 18 heavy (non-hydrogen) atoms. The number of phenolic OH excluding ortho intramolecular Hbond substituents is 1. The molecule has 3 nitrogen and oxygen atoms in total. The first-order chi connectivity index (χ1) is 8.14. The molecule has 0 radical (unpaired) electrons. The summed E-state index contributed by atoms with van der Waals surface area (Å²) in [6.07, 6.45) is 0. The number of phenols is 1. The van der Waals surface area contributed by atoms with Crippen LogP contribution in [-0.4, -0.2) is 29.0 Å². The highest BCUT2D eigenvalue weighted by Gasteiger charge is 2.28. The number of carbonyl (C=O) groups excluding carboxylic acids is 1. The van der Waals surface area contributed by atoms with E-state index < -0.39 is 5.82 Å². The molecule has 0 aliphatic rings. The monoisotopic (exact) mass is 253 g/mol. The van der Waals surface area contributed by atoms with Crippen molar-refractivity contribution < 1.29 is 14.3 Å². The van der Waals surface area contributed by atoms with Crippen LogP contribution in [-0.2, 0) is 0 Å². The average molecular weight is 253 g/mol. The summed E-state index contributed by atoms with van der Waals surface area (Å²) in [5.41, 5.74) is 0.0510. The second-order valence-corrected chi connectivity index (χ2v) is 5.62. The maximum atomic E-state index is 12.9. The van der Waals surface area contributed by atoms with Gasteiger partial charge in [-0.05, 0) is 24.5 Å². The Morgan fingerprint density at radius 2 is 1.94 bits per heavy atom. The molecule has 100 valence electrons. The minimum absolute atomic E-state index is 0.00514. The molecule has 1 aromatic carbocycles. The number of aromatic hydroxyl groups is 1. The number of benzene rings is 1. The molecule has 0 saturated heterocycles. The fourth-order valence-electron chi connectivity index (χ4n) is 1.63. The van der Waals surface area contributed by atoms with Crippen LogP contribution in [0.25, 0.3) is 0 Å². The first-order valence-corrected chi connectivity index (χ1v) is 5.90. The molecule has 1 unspecified atom stereocenters. The molecule has 0 aliphatic heterocycles. The zero-order valence-electron chi connectivity index (χ0n) is 11.5. The maximum Gasteiger partial charge on any atom is 0.257 e. The topological polar surface area (TPSA) is 40.5 Å². The summed E-state index contributed by atoms with van der Waals surface area (Å²) >= 11 is 0. The van der Waals surface area contributed by atoms with Crippen LogP contribution in [0, 0.1) is 11.2 Å². The summed E-state index contributed by atoms with van der Waals surface area (Å²) in [7, 11) is 1.68. The quantitative estimate of drug-likeness (QED) is 0.880. The number of halogens is 1. The minimum atomic E-state index is -0.560. The van der Waals surface area contributed by atoms with Gasteiger partial charge >= 0.3 is 0 Å². The van der Waals surface area contributed by atoms with Crippen molar-refractivity contribution in [2.24, 2.45) is 5.41 Å². The van der Waals surface area contributed by atoms with Gasteiger partial charge in [0, 0.05) is 19.2 Å². The van der Waals surface area contributed by atoms with E-state index in [9.17, 15) is 14.3 Å². The Balaban J connectivity index is 3.00. The summed E-state index contributed by atoms with van der Waals surface area (Å²) < 4.78 is 12.9. The zero-order chi connectivity index (χ0) is 14.1. The van der Waals surface area contributed by atoms with Crippen LogP contribution in [0.2, 0.25) is 0 Å². The Morgan fingerprint density at radius 3 is 2.39 bits per heavy atom. The lowest BCUT2D eigenvalue weighted by Gasteiger charge is -2.35. The van der Waals surface area contributed by atoms with Crippen molar-refractivity contribution in [1.82, 2.24) is 4.90 Å². The summed E-state index contributed by atoms with van der Waals surface area (Å²) in [6.45, 7) is 8.04. The molecule has 0 bridgehead atoms. The van der Waals surface area contributed by atoms with E-state index >= 15 is 0 Å². The van der Waals surface area contributed by atoms with Crippen LogP contribution in [0.1, 0.15) is 38.1 Å². The third kappa shape index (κ3) is 3.00. The van der Waals surface area contributed by atoms with Crippen molar-refractivity contribution in [3.05, 3.63) is 29.6 Å². The molecule has 4 heteroatoms. The SMILES string of the molecule is CC(N(C)C(=O)c1ccc(F)cc1O)C(C)(C)C. The van der Waals surface area contributed by atoms with Gasteiger partial charge in [0.1, 0.15) is 11.6 Å². The molecule has 0 aromatic heterocycles. The largest absolute Gasteiger partial charge is 0.507 e. The normalized spacial score (nSPS) is 13.2. The molecule has 1 atom stereocenters. The van der Waals surface area contributed by atoms with Crippen LogP contribution < -0.4 is 0 Å². The highest BCUT2D eigenvalue weighted by Crippen LogP contribution is 2.26. The third-order valence-electron chi connectivity index (χ3n) is 3.34. The number of carbonyl (C=O) groups is 1. The summed E-state index contributed by atoms with van der Waals surface area (Å²) in [4.78, 5) is 13.8. The maximum absolute atomic E-state index is 12.9. The second-order valence-electron chi connectivity index (χ2n) is 5.62. The number of amides is 1. The number of hydrogen-bond acceptors (Lipinski definition) is 2. The van der Waals surface area contributed by atoms with Crippen LogP contribution in [0.5, 0.6) is 5.75 Å². The molecular formula is C14H20FNO2. The van der Waals surface area contributed by atoms with E-state index in [0.717, 1.165) is 6.07 Å². The molecule has 1 N–H and O–H groups in total. The first-order valence-electron chi connectivity index (χ1n) is 5.90. The van der Waals surface area contributed by atoms with E-state index in [1.54, 1.807) is 11.9 Å². The lowest BCUT2D eigenvalue weighted by Crippen LogP contribution is -2.43. The van der Waals surface area contributed by atoms with E-state index in [1.807, 2.05) is 27.7 Å². The Bertz CT molecular complexity index is 452. The third-order valence-corrected chi connectivity index (χ3v) is 3.34. The van der Waals surface area contributed by atoms with E-state index in [1.165, 1.54) is 12.1 Å². The minimum Gasteiger partial charge on any atom is -0.507 e. The fraction of sp³-hybridized carbons (Fsp3) is 0.500. The number of rotatable bonds is 2. The van der Waals surface area contributed by atoms with Crippen molar-refractivity contribution in [2.45, 2.75) is 33.7 Å². The van der Waals surface area contributed by atoms with E-state index in [2.05, 4.69) is 0 Å². The van der Waals surface area contributed by atoms with Crippen molar-refractivity contribution in [3.63, 3.8) is 0 Å². The first kappa shape index (κ1) is 14.5. The van der Waals surface area contributed by atoms with E-state index in [4.69, 9.17) is 0 Å². The van der Waals surface area contributed by atoms with Gasteiger partial charge in [0.2, 0.25) is 0 Å². The van der Waals surface area contributed by atoms with Crippen molar-refractivity contribution in [1.29, 1.82) is 0 Å². The lowest BCUT2D eigenvalue weighted by molar-refractivity contribution is 0.0626. The summed E-state index contributed by atoms with van der Waals surface area (Å²) in [5.74, 6) is -1.20. The van der Waals surface area contributed by atoms with Gasteiger partial charge in [-0.25, -0.2) is 4.39 Å². The van der Waals surface area contributed by atoms with Gasteiger partial charge in [0.25, 0.3) is 5.91 Å². The van der Waals surface area contributed by atoms with E-state index in [-0.39, 0.29) is 28.7 Å². The summed E-state index contributed by atoms with van der Waals surface area (Å²) in [6, 6.07) is 3.42. The predicted molar refractivity (Wildman–Crippen MR) is 69.1 cm³/mol. The molecule has 1 aromatic rings. The highest BCUT2D eigenvalue weighted by molar-refractivity contribution is 5.96. The number of hydrogen-bond donors (Lipinski definition) is 1. The molecule has 0 fully saturated rings. The van der Waals surface area contributed by atoms with Crippen LogP contribution in [0.15, 0.2) is 18.2 Å². The van der Waals surface area contributed by atoms with Gasteiger partial charge in [0.15, 0.2) is 0 Å². The van der Waals surface area contributed by atoms with Gasteiger partial charge in [-0.15, -0.1) is 0 Å². The molecule has 1 rings (SSSR count). The fourth-order valence-corrected chi connectivity index (χ4v) is 1.63. The molecular weight excluding hydrogens is 233 g/mol. The second kappa shape index (κ2) is 4.96. The van der Waals surface area contributed by atoms with Gasteiger partial charge in [0.05, 0.1) is 5.56 Å². The molecule has 0 aliphatic carbocycles. The Morgan fingerprint density at radius 1 is 1.39 bits per heavy atom. The molecule has 1 amide bonds. The Kier molecular flexibility index (Phi) is 3.99. The van der Waals surface area contributed by atoms with Crippen LogP contribution in [0.3, 0.4) is 0 Å². The van der Waals surface area contributed by atoms with Gasteiger partial charge < -0.3 is 10.0 Å². The van der Waals surface area contributed by atoms with E-state index in [0.29, 0.717) is 0 Å². The molecule has 0 spiro atoms. The Hall–Kier alpha value is -1.58. The van der Waals surface area contributed by atoms with Gasteiger partial charge in [-0.3, -0.25) is 4.79 Å².